The number of benzene rings is 2. The van der Waals surface area contributed by atoms with Crippen molar-refractivity contribution in [2.75, 3.05) is 27.4 Å². The standard InChI is InChI=1S/C20H24O6/c1-24-18-8-12(3-5-16(18)22)7-14-11-26-20(15(14)10-21)13-4-6-17(23)19(9-13)25-2/h3-6,8-9,14-15,20-23H,7,10-11H2,1-2H3/t14-,15-,20-/m0/s1. The van der Waals surface area contributed by atoms with E-state index in [9.17, 15) is 15.3 Å². The van der Waals surface area contributed by atoms with Crippen molar-refractivity contribution in [3.63, 3.8) is 0 Å². The van der Waals surface area contributed by atoms with Gasteiger partial charge in [-0.2, -0.15) is 0 Å². The molecule has 0 spiro atoms. The van der Waals surface area contributed by atoms with Crippen LogP contribution < -0.4 is 9.47 Å². The number of ether oxygens (including phenoxy) is 3. The highest BCUT2D eigenvalue weighted by molar-refractivity contribution is 5.43. The van der Waals surface area contributed by atoms with E-state index in [0.29, 0.717) is 24.5 Å². The van der Waals surface area contributed by atoms with Crippen LogP contribution >= 0.6 is 0 Å². The first-order valence-electron chi connectivity index (χ1n) is 8.52. The van der Waals surface area contributed by atoms with Gasteiger partial charge in [-0.05, 0) is 47.7 Å². The number of aromatic hydroxyl groups is 2. The van der Waals surface area contributed by atoms with Gasteiger partial charge in [0.05, 0.1) is 26.9 Å². The Balaban J connectivity index is 1.79. The van der Waals surface area contributed by atoms with E-state index in [-0.39, 0.29) is 36.0 Å². The van der Waals surface area contributed by atoms with E-state index in [1.54, 1.807) is 30.3 Å². The third-order valence-electron chi connectivity index (χ3n) is 4.97. The summed E-state index contributed by atoms with van der Waals surface area (Å²) in [7, 11) is 3.02. The molecule has 0 amide bonds. The fraction of sp³-hybridized carbons (Fsp3) is 0.400. The third-order valence-corrected chi connectivity index (χ3v) is 4.97. The van der Waals surface area contributed by atoms with Crippen molar-refractivity contribution in [1.82, 2.24) is 0 Å². The number of phenolic OH excluding ortho intramolecular Hbond substituents is 2. The molecule has 6 heteroatoms. The zero-order valence-electron chi connectivity index (χ0n) is 14.9. The Morgan fingerprint density at radius 1 is 1.00 bits per heavy atom. The molecule has 0 aromatic heterocycles. The van der Waals surface area contributed by atoms with Gasteiger partial charge in [0.15, 0.2) is 23.0 Å². The molecule has 3 atom stereocenters. The van der Waals surface area contributed by atoms with Crippen LogP contribution in [0.25, 0.3) is 0 Å². The molecular formula is C20H24O6. The zero-order valence-corrected chi connectivity index (χ0v) is 14.9. The molecule has 0 bridgehead atoms. The number of hydrogen-bond acceptors (Lipinski definition) is 6. The Bertz CT molecular complexity index is 760. The van der Waals surface area contributed by atoms with E-state index in [1.807, 2.05) is 6.07 Å². The molecule has 26 heavy (non-hydrogen) atoms. The maximum absolute atomic E-state index is 9.95. The summed E-state index contributed by atoms with van der Waals surface area (Å²) in [6.07, 6.45) is 0.437. The Hall–Kier alpha value is -2.44. The summed E-state index contributed by atoms with van der Waals surface area (Å²) in [6, 6.07) is 10.4. The fourth-order valence-electron chi connectivity index (χ4n) is 3.54. The molecule has 6 nitrogen and oxygen atoms in total. The van der Waals surface area contributed by atoms with Crippen molar-refractivity contribution < 1.29 is 29.5 Å². The first-order chi connectivity index (χ1) is 12.6. The second-order valence-electron chi connectivity index (χ2n) is 6.50. The number of aliphatic hydroxyl groups excluding tert-OH is 1. The van der Waals surface area contributed by atoms with Crippen molar-refractivity contribution >= 4 is 0 Å². The number of aliphatic hydroxyl groups is 1. The van der Waals surface area contributed by atoms with Gasteiger partial charge in [-0.15, -0.1) is 0 Å². The average molecular weight is 360 g/mol. The van der Waals surface area contributed by atoms with E-state index in [0.717, 1.165) is 11.1 Å². The minimum atomic E-state index is -0.265. The molecular weight excluding hydrogens is 336 g/mol. The van der Waals surface area contributed by atoms with Crippen LogP contribution in [-0.2, 0) is 11.2 Å². The van der Waals surface area contributed by atoms with Gasteiger partial charge < -0.3 is 29.5 Å². The van der Waals surface area contributed by atoms with Gasteiger partial charge in [-0.3, -0.25) is 0 Å². The summed E-state index contributed by atoms with van der Waals surface area (Å²) < 4.78 is 16.3. The molecule has 1 aliphatic rings. The number of methoxy groups -OCH3 is 2. The minimum Gasteiger partial charge on any atom is -0.504 e. The predicted octanol–water partition coefficient (Wildman–Crippen LogP) is 2.65. The van der Waals surface area contributed by atoms with Crippen LogP contribution in [-0.4, -0.2) is 42.8 Å². The summed E-state index contributed by atoms with van der Waals surface area (Å²) in [5.41, 5.74) is 1.88. The van der Waals surface area contributed by atoms with Gasteiger partial charge >= 0.3 is 0 Å². The number of rotatable bonds is 6. The van der Waals surface area contributed by atoms with Gasteiger partial charge in [-0.25, -0.2) is 0 Å². The topological polar surface area (TPSA) is 88.4 Å². The summed E-state index contributed by atoms with van der Waals surface area (Å²) in [6.45, 7) is 0.510. The second-order valence-corrected chi connectivity index (χ2v) is 6.50. The Kier molecular flexibility index (Phi) is 5.54. The molecule has 1 aliphatic heterocycles. The van der Waals surface area contributed by atoms with Gasteiger partial charge in [0.25, 0.3) is 0 Å². The molecule has 2 aromatic carbocycles. The highest BCUT2D eigenvalue weighted by Crippen LogP contribution is 2.42. The molecule has 3 N–H and O–H groups in total. The SMILES string of the molecule is COc1cc(C[C@H]2CO[C@@H](c3ccc(O)c(OC)c3)[C@H]2CO)ccc1O. The molecule has 0 radical (unpaired) electrons. The van der Waals surface area contributed by atoms with Crippen LogP contribution in [0, 0.1) is 11.8 Å². The summed E-state index contributed by atoms with van der Waals surface area (Å²) in [5, 5.41) is 29.5. The van der Waals surface area contributed by atoms with Crippen LogP contribution in [0.3, 0.4) is 0 Å². The molecule has 1 saturated heterocycles. The highest BCUT2D eigenvalue weighted by atomic mass is 16.5. The van der Waals surface area contributed by atoms with E-state index in [4.69, 9.17) is 14.2 Å². The Morgan fingerprint density at radius 3 is 2.31 bits per heavy atom. The quantitative estimate of drug-likeness (QED) is 0.734. The minimum absolute atomic E-state index is 0.00621. The largest absolute Gasteiger partial charge is 0.504 e. The third kappa shape index (κ3) is 3.57. The smallest absolute Gasteiger partial charge is 0.160 e. The monoisotopic (exact) mass is 360 g/mol. The van der Waals surface area contributed by atoms with E-state index in [2.05, 4.69) is 0 Å². The maximum Gasteiger partial charge on any atom is 0.160 e. The van der Waals surface area contributed by atoms with Crippen LogP contribution in [0.4, 0.5) is 0 Å². The van der Waals surface area contributed by atoms with E-state index >= 15 is 0 Å². The first-order valence-corrected chi connectivity index (χ1v) is 8.52. The van der Waals surface area contributed by atoms with Gasteiger partial charge in [0.2, 0.25) is 0 Å². The number of phenols is 2. The van der Waals surface area contributed by atoms with Crippen molar-refractivity contribution in [2.24, 2.45) is 11.8 Å². The summed E-state index contributed by atoms with van der Waals surface area (Å²) >= 11 is 0. The fourth-order valence-corrected chi connectivity index (χ4v) is 3.54. The Labute approximate surface area is 152 Å². The summed E-state index contributed by atoms with van der Waals surface area (Å²) in [4.78, 5) is 0. The molecule has 140 valence electrons. The van der Waals surface area contributed by atoms with Crippen molar-refractivity contribution in [3.05, 3.63) is 47.5 Å². The van der Waals surface area contributed by atoms with Crippen LogP contribution in [0.5, 0.6) is 23.0 Å². The lowest BCUT2D eigenvalue weighted by atomic mass is 9.84. The molecule has 0 aliphatic carbocycles. The van der Waals surface area contributed by atoms with Crippen LogP contribution in [0.15, 0.2) is 36.4 Å². The highest BCUT2D eigenvalue weighted by Gasteiger charge is 2.38. The average Bonchev–Trinajstić information content (AvgIpc) is 3.06. The predicted molar refractivity (Wildman–Crippen MR) is 95.8 cm³/mol. The zero-order chi connectivity index (χ0) is 18.7. The van der Waals surface area contributed by atoms with Crippen LogP contribution in [0.2, 0.25) is 0 Å². The molecule has 0 saturated carbocycles. The molecule has 1 fully saturated rings. The van der Waals surface area contributed by atoms with Gasteiger partial charge in [0.1, 0.15) is 0 Å². The molecule has 0 unspecified atom stereocenters. The lowest BCUT2D eigenvalue weighted by molar-refractivity contribution is 0.0717. The summed E-state index contributed by atoms with van der Waals surface area (Å²) in [5.74, 6) is 1.04. The van der Waals surface area contributed by atoms with E-state index < -0.39 is 0 Å². The van der Waals surface area contributed by atoms with E-state index in [1.165, 1.54) is 14.2 Å². The van der Waals surface area contributed by atoms with Crippen molar-refractivity contribution in [2.45, 2.75) is 12.5 Å². The normalized spacial score (nSPS) is 22.3. The maximum atomic E-state index is 9.95. The van der Waals surface area contributed by atoms with Crippen LogP contribution in [0.1, 0.15) is 17.2 Å². The van der Waals surface area contributed by atoms with Gasteiger partial charge in [0, 0.05) is 12.5 Å². The lowest BCUT2D eigenvalue weighted by Crippen LogP contribution is -2.21. The molecule has 2 aromatic rings. The number of hydrogen-bond donors (Lipinski definition) is 3. The molecule has 3 rings (SSSR count). The first kappa shape index (κ1) is 18.4. The van der Waals surface area contributed by atoms with Crippen molar-refractivity contribution in [1.29, 1.82) is 0 Å². The lowest BCUT2D eigenvalue weighted by Gasteiger charge is -2.22. The van der Waals surface area contributed by atoms with Crippen molar-refractivity contribution in [3.8, 4) is 23.0 Å². The molecule has 1 heterocycles. The second kappa shape index (κ2) is 7.85. The van der Waals surface area contributed by atoms with Gasteiger partial charge in [-0.1, -0.05) is 12.1 Å². The Morgan fingerprint density at radius 2 is 1.65 bits per heavy atom.